The minimum atomic E-state index is -1.71. The summed E-state index contributed by atoms with van der Waals surface area (Å²) < 4.78 is 9.28. The molecule has 88 valence electrons. The summed E-state index contributed by atoms with van der Waals surface area (Å²) >= 11 is -1.71. The first kappa shape index (κ1) is 12.5. The van der Waals surface area contributed by atoms with Gasteiger partial charge in [-0.05, 0) is 0 Å². The molecule has 0 aromatic heterocycles. The first-order chi connectivity index (χ1) is 8.18. The Bertz CT molecular complexity index is 491. The summed E-state index contributed by atoms with van der Waals surface area (Å²) in [5.41, 5.74) is 1.41. The van der Waals surface area contributed by atoms with Gasteiger partial charge in [-0.25, -0.2) is 0 Å². The molecule has 0 amide bonds. The zero-order valence-electron chi connectivity index (χ0n) is 10.7. The fourth-order valence-corrected chi connectivity index (χ4v) is 5.16. The van der Waals surface area contributed by atoms with Gasteiger partial charge in [0.2, 0.25) is 0 Å². The quantitative estimate of drug-likeness (QED) is 0.747. The van der Waals surface area contributed by atoms with Crippen LogP contribution in [0.3, 0.4) is 0 Å². The predicted molar refractivity (Wildman–Crippen MR) is 69.9 cm³/mol. The topological polar surface area (TPSA) is 9.23 Å². The normalized spacial score (nSPS) is 14.1. The Morgan fingerprint density at radius 3 is 2.41 bits per heavy atom. The number of rotatable bonds is 3. The zero-order valence-corrected chi connectivity index (χ0v) is 12.2. The molecule has 0 N–H and O–H groups in total. The summed E-state index contributed by atoms with van der Waals surface area (Å²) in [6.45, 7) is 6.61. The number of allylic oxidation sites excluding steroid dienone is 4. The van der Waals surface area contributed by atoms with Crippen LogP contribution < -0.4 is 3.32 Å². The molecule has 0 saturated carbocycles. The molecule has 0 atom stereocenters. The van der Waals surface area contributed by atoms with Gasteiger partial charge in [-0.2, -0.15) is 0 Å². The van der Waals surface area contributed by atoms with Gasteiger partial charge < -0.3 is 0 Å². The van der Waals surface area contributed by atoms with Crippen LogP contribution in [0.1, 0.15) is 27.2 Å². The van der Waals surface area contributed by atoms with Gasteiger partial charge >= 0.3 is 110 Å². The van der Waals surface area contributed by atoms with Crippen molar-refractivity contribution in [3.8, 4) is 5.75 Å². The average Bonchev–Trinajstić information content (AvgIpc) is 2.73. The molecule has 1 nitrogen and oxygen atoms in total. The van der Waals surface area contributed by atoms with Crippen molar-refractivity contribution in [3.05, 3.63) is 51.9 Å². The van der Waals surface area contributed by atoms with Gasteiger partial charge in [0.05, 0.1) is 0 Å². The molecule has 0 bridgehead atoms. The van der Waals surface area contributed by atoms with Crippen molar-refractivity contribution in [1.82, 2.24) is 0 Å². The SMILES string of the molecule is CC1=[C]([Ti]([O]c2ccccc2)=[C](C)C)CC=C1. The van der Waals surface area contributed by atoms with Crippen molar-refractivity contribution in [1.29, 1.82) is 0 Å². The van der Waals surface area contributed by atoms with E-state index >= 15 is 0 Å². The first-order valence-corrected chi connectivity index (χ1v) is 8.15. The van der Waals surface area contributed by atoms with Crippen LogP contribution >= 0.6 is 0 Å². The molecule has 0 heterocycles. The second-order valence-electron chi connectivity index (χ2n) is 4.51. The maximum absolute atomic E-state index is 6.26. The molecule has 0 spiro atoms. The Morgan fingerprint density at radius 1 is 1.18 bits per heavy atom. The third kappa shape index (κ3) is 3.05. The standard InChI is InChI=1S/C6H6O.C6H7.C3H6.Ti/c7-6-4-2-1-3-5-6;1-6-4-2-3-5-6;1-3-2;/h1-5,7H;2,4H,3H2,1H3;1-2H3;/q;;;+1/p-1. The Labute approximate surface area is 110 Å². The van der Waals surface area contributed by atoms with Crippen molar-refractivity contribution >= 4 is 3.81 Å². The van der Waals surface area contributed by atoms with Gasteiger partial charge in [-0.1, -0.05) is 0 Å². The van der Waals surface area contributed by atoms with E-state index in [0.29, 0.717) is 0 Å². The van der Waals surface area contributed by atoms with Crippen LogP contribution in [0.15, 0.2) is 51.9 Å². The van der Waals surface area contributed by atoms with E-state index in [9.17, 15) is 0 Å². The van der Waals surface area contributed by atoms with Crippen LogP contribution in [0.4, 0.5) is 0 Å². The minimum absolute atomic E-state index is 1.01. The van der Waals surface area contributed by atoms with Crippen LogP contribution in [-0.4, -0.2) is 3.81 Å². The Hall–Kier alpha value is -0.916. The van der Waals surface area contributed by atoms with Crippen LogP contribution in [-0.2, 0) is 17.8 Å². The van der Waals surface area contributed by atoms with Gasteiger partial charge in [0.25, 0.3) is 0 Å². The molecule has 17 heavy (non-hydrogen) atoms. The van der Waals surface area contributed by atoms with Crippen molar-refractivity contribution in [2.75, 3.05) is 0 Å². The average molecular weight is 262 g/mol. The fraction of sp³-hybridized carbons (Fsp3) is 0.267. The Morgan fingerprint density at radius 2 is 1.88 bits per heavy atom. The van der Waals surface area contributed by atoms with Crippen LogP contribution in [0, 0.1) is 0 Å². The molecule has 0 radical (unpaired) electrons. The molecule has 2 rings (SSSR count). The van der Waals surface area contributed by atoms with E-state index in [1.165, 1.54) is 9.38 Å². The van der Waals surface area contributed by atoms with E-state index in [4.69, 9.17) is 3.32 Å². The molecule has 0 fully saturated rings. The molecule has 1 aliphatic rings. The third-order valence-electron chi connectivity index (χ3n) is 2.86. The van der Waals surface area contributed by atoms with Crippen molar-refractivity contribution in [2.24, 2.45) is 0 Å². The van der Waals surface area contributed by atoms with Crippen LogP contribution in [0.5, 0.6) is 5.75 Å². The summed E-state index contributed by atoms with van der Waals surface area (Å²) in [4.78, 5) is 0. The van der Waals surface area contributed by atoms with Crippen molar-refractivity contribution < 1.29 is 21.1 Å². The van der Waals surface area contributed by atoms with Crippen LogP contribution in [0.2, 0.25) is 0 Å². The molecule has 0 aliphatic heterocycles. The second kappa shape index (κ2) is 5.62. The summed E-state index contributed by atoms with van der Waals surface area (Å²) in [7, 11) is 0. The molecule has 1 aromatic carbocycles. The monoisotopic (exact) mass is 262 g/mol. The van der Waals surface area contributed by atoms with E-state index in [1.807, 2.05) is 30.3 Å². The fourth-order valence-electron chi connectivity index (χ4n) is 1.96. The van der Waals surface area contributed by atoms with E-state index in [-0.39, 0.29) is 0 Å². The molecule has 2 heteroatoms. The predicted octanol–water partition coefficient (Wildman–Crippen LogP) is 4.04. The van der Waals surface area contributed by atoms with Gasteiger partial charge in [0.1, 0.15) is 0 Å². The van der Waals surface area contributed by atoms with E-state index in [0.717, 1.165) is 12.2 Å². The molecule has 0 unspecified atom stereocenters. The number of para-hydroxylation sites is 1. The maximum atomic E-state index is 6.26. The Balaban J connectivity index is 2.28. The molecule has 1 aromatic rings. The zero-order chi connectivity index (χ0) is 12.3. The summed E-state index contributed by atoms with van der Waals surface area (Å²) in [5, 5.41) is 0. The molecular formula is C15H18OTi. The van der Waals surface area contributed by atoms with Gasteiger partial charge in [-0.15, -0.1) is 0 Å². The van der Waals surface area contributed by atoms with E-state index in [2.05, 4.69) is 32.9 Å². The van der Waals surface area contributed by atoms with Crippen LogP contribution in [0.25, 0.3) is 0 Å². The van der Waals surface area contributed by atoms with E-state index < -0.39 is 17.8 Å². The number of hydrogen-bond acceptors (Lipinski definition) is 1. The summed E-state index contributed by atoms with van der Waals surface area (Å²) in [5.74, 6) is 1.01. The Kier molecular flexibility index (Phi) is 4.14. The number of benzene rings is 1. The van der Waals surface area contributed by atoms with Crippen molar-refractivity contribution in [2.45, 2.75) is 27.2 Å². The van der Waals surface area contributed by atoms with Gasteiger partial charge in [-0.3, -0.25) is 0 Å². The summed E-state index contributed by atoms with van der Waals surface area (Å²) in [6, 6.07) is 10.2. The van der Waals surface area contributed by atoms with Gasteiger partial charge in [0.15, 0.2) is 0 Å². The van der Waals surface area contributed by atoms with Crippen molar-refractivity contribution in [3.63, 3.8) is 0 Å². The molecular weight excluding hydrogens is 244 g/mol. The third-order valence-corrected chi connectivity index (χ3v) is 6.75. The molecule has 1 aliphatic carbocycles. The molecule has 0 saturated heterocycles. The first-order valence-electron chi connectivity index (χ1n) is 5.95. The second-order valence-corrected chi connectivity index (χ2v) is 8.36. The summed E-state index contributed by atoms with van der Waals surface area (Å²) in [6.07, 6.45) is 5.55. The van der Waals surface area contributed by atoms with E-state index in [1.54, 1.807) is 3.88 Å². The van der Waals surface area contributed by atoms with Gasteiger partial charge in [0, 0.05) is 0 Å². The number of hydrogen-bond donors (Lipinski definition) is 0.